The number of hydrogen-bond acceptors (Lipinski definition) is 7. The minimum absolute atomic E-state index is 0.750. The minimum atomic E-state index is 0.750. The van der Waals surface area contributed by atoms with Crippen molar-refractivity contribution in [2.24, 2.45) is 0 Å². The fourth-order valence-electron chi connectivity index (χ4n) is 1.11. The molecule has 22 heavy (non-hydrogen) atoms. The van der Waals surface area contributed by atoms with Crippen LogP contribution in [-0.2, 0) is 14.4 Å². The van der Waals surface area contributed by atoms with Gasteiger partial charge >= 0.3 is 0 Å². The van der Waals surface area contributed by atoms with Gasteiger partial charge in [0.2, 0.25) is 18.2 Å². The van der Waals surface area contributed by atoms with E-state index in [0.29, 0.717) is 0 Å². The van der Waals surface area contributed by atoms with Crippen molar-refractivity contribution in [3.63, 3.8) is 0 Å². The maximum absolute atomic E-state index is 8.35. The van der Waals surface area contributed by atoms with Crippen LogP contribution < -0.4 is 4.74 Å². The van der Waals surface area contributed by atoms with Gasteiger partial charge in [-0.3, -0.25) is 0 Å². The van der Waals surface area contributed by atoms with Crippen LogP contribution in [0.15, 0.2) is 60.7 Å². The highest BCUT2D eigenvalue weighted by Crippen LogP contribution is 2.19. The van der Waals surface area contributed by atoms with Crippen molar-refractivity contribution in [3.05, 3.63) is 60.7 Å². The topological polar surface area (TPSA) is 132 Å². The fraction of sp³-hybridized carbons (Fsp3) is 0. The van der Waals surface area contributed by atoms with E-state index in [-0.39, 0.29) is 0 Å². The van der Waals surface area contributed by atoms with Crippen LogP contribution >= 0.6 is 0 Å². The molecular formula is C15H13N3O4. The van der Waals surface area contributed by atoms with Crippen LogP contribution in [0.25, 0.3) is 0 Å². The molecule has 0 heterocycles. The third kappa shape index (κ3) is 14.4. The molecule has 2 aromatic carbocycles. The zero-order valence-electron chi connectivity index (χ0n) is 11.4. The molecule has 0 atom stereocenters. The first-order valence-electron chi connectivity index (χ1n) is 5.59. The van der Waals surface area contributed by atoms with Crippen LogP contribution in [0.1, 0.15) is 0 Å². The Balaban J connectivity index is 0. The van der Waals surface area contributed by atoms with E-state index >= 15 is 0 Å². The summed E-state index contributed by atoms with van der Waals surface area (Å²) < 4.78 is 5.58. The van der Waals surface area contributed by atoms with Crippen LogP contribution in [0, 0.1) is 16.2 Å². The molecule has 7 heteroatoms. The van der Waals surface area contributed by atoms with Gasteiger partial charge in [0.25, 0.3) is 0 Å². The zero-order chi connectivity index (χ0) is 17.1. The summed E-state index contributed by atoms with van der Waals surface area (Å²) in [7, 11) is 0. The standard InChI is InChI=1S/C12H10O.3CHNO/c1-3-7-11(8-4-1)13-12-9-5-2-6-10-12;3*2-1-3/h1-10H;3*2H. The lowest BCUT2D eigenvalue weighted by molar-refractivity contribution is 0.482. The van der Waals surface area contributed by atoms with Gasteiger partial charge in [-0.25, -0.2) is 30.6 Å². The molecule has 0 amide bonds. The van der Waals surface area contributed by atoms with E-state index in [0.717, 1.165) is 29.7 Å². The van der Waals surface area contributed by atoms with E-state index in [4.69, 9.17) is 35.3 Å². The molecule has 2 rings (SSSR count). The van der Waals surface area contributed by atoms with Gasteiger partial charge in [-0.15, -0.1) is 0 Å². The Labute approximate surface area is 126 Å². The van der Waals surface area contributed by atoms with E-state index in [1.807, 2.05) is 60.7 Å². The van der Waals surface area contributed by atoms with Gasteiger partial charge in [0, 0.05) is 0 Å². The summed E-state index contributed by atoms with van der Waals surface area (Å²) in [6.45, 7) is 0. The summed E-state index contributed by atoms with van der Waals surface area (Å²) in [6.07, 6.45) is 2.25. The Bertz CT molecular complexity index is 531. The lowest BCUT2D eigenvalue weighted by Gasteiger charge is -2.03. The molecule has 0 bridgehead atoms. The van der Waals surface area contributed by atoms with Crippen LogP contribution in [-0.4, -0.2) is 18.2 Å². The van der Waals surface area contributed by atoms with Crippen molar-refractivity contribution >= 4 is 18.2 Å². The maximum Gasteiger partial charge on any atom is 0.231 e. The summed E-state index contributed by atoms with van der Waals surface area (Å²) >= 11 is 0. The molecule has 0 fully saturated rings. The molecule has 0 spiro atoms. The third-order valence-electron chi connectivity index (χ3n) is 1.72. The van der Waals surface area contributed by atoms with Crippen molar-refractivity contribution < 1.29 is 19.1 Å². The fourth-order valence-corrected chi connectivity index (χ4v) is 1.11. The van der Waals surface area contributed by atoms with Gasteiger partial charge in [0.05, 0.1) is 0 Å². The third-order valence-corrected chi connectivity index (χ3v) is 1.72. The van der Waals surface area contributed by atoms with Gasteiger partial charge in [0.1, 0.15) is 11.5 Å². The number of benzene rings is 2. The number of carbonyl (C=O) groups excluding carboxylic acids is 3. The van der Waals surface area contributed by atoms with Crippen molar-refractivity contribution in [1.29, 1.82) is 16.2 Å². The predicted octanol–water partition coefficient (Wildman–Crippen LogP) is 3.18. The molecule has 2 aromatic rings. The second kappa shape index (κ2) is 17.4. The Morgan fingerprint density at radius 2 is 0.818 bits per heavy atom. The summed E-state index contributed by atoms with van der Waals surface area (Å²) in [4.78, 5) is 25.0. The normalized spacial score (nSPS) is 6.73. The molecule has 7 nitrogen and oxygen atoms in total. The molecule has 0 unspecified atom stereocenters. The largest absolute Gasteiger partial charge is 0.457 e. The molecule has 3 N–H and O–H groups in total. The number of nitrogens with one attached hydrogen (secondary N) is 3. The second-order valence-corrected chi connectivity index (χ2v) is 3.03. The Hall–Kier alpha value is -3.62. The molecule has 0 aliphatic heterocycles. The highest BCUT2D eigenvalue weighted by atomic mass is 16.5. The molecule has 112 valence electrons. The van der Waals surface area contributed by atoms with E-state index in [9.17, 15) is 0 Å². The lowest BCUT2D eigenvalue weighted by Crippen LogP contribution is -1.81. The average Bonchev–Trinajstić information content (AvgIpc) is 2.52. The van der Waals surface area contributed by atoms with E-state index in [1.54, 1.807) is 0 Å². The maximum atomic E-state index is 8.35. The van der Waals surface area contributed by atoms with Crippen molar-refractivity contribution in [2.45, 2.75) is 0 Å². The summed E-state index contributed by atoms with van der Waals surface area (Å²) in [5.41, 5.74) is 0. The van der Waals surface area contributed by atoms with Gasteiger partial charge < -0.3 is 4.74 Å². The summed E-state index contributed by atoms with van der Waals surface area (Å²) in [6, 6.07) is 19.5. The Morgan fingerprint density at radius 1 is 0.591 bits per heavy atom. The molecular weight excluding hydrogens is 286 g/mol. The highest BCUT2D eigenvalue weighted by molar-refractivity contribution is 5.30. The molecule has 0 aliphatic rings. The van der Waals surface area contributed by atoms with Crippen LogP contribution in [0.3, 0.4) is 0 Å². The van der Waals surface area contributed by atoms with Gasteiger partial charge in [-0.1, -0.05) is 36.4 Å². The van der Waals surface area contributed by atoms with Crippen molar-refractivity contribution in [1.82, 2.24) is 0 Å². The monoisotopic (exact) mass is 299 g/mol. The molecule has 0 saturated carbocycles. The first-order valence-corrected chi connectivity index (χ1v) is 5.59. The van der Waals surface area contributed by atoms with Gasteiger partial charge in [-0.05, 0) is 24.3 Å². The summed E-state index contributed by atoms with van der Waals surface area (Å²) in [5, 5.41) is 16.2. The smallest absolute Gasteiger partial charge is 0.231 e. The number of para-hydroxylation sites is 2. The van der Waals surface area contributed by atoms with Crippen LogP contribution in [0.4, 0.5) is 0 Å². The average molecular weight is 299 g/mol. The first kappa shape index (κ1) is 20.7. The van der Waals surface area contributed by atoms with Crippen molar-refractivity contribution in [3.8, 4) is 11.5 Å². The number of rotatable bonds is 2. The predicted molar refractivity (Wildman–Crippen MR) is 78.2 cm³/mol. The van der Waals surface area contributed by atoms with Crippen LogP contribution in [0.2, 0.25) is 0 Å². The quantitative estimate of drug-likeness (QED) is 0.580. The highest BCUT2D eigenvalue weighted by Gasteiger charge is 1.92. The SMILES string of the molecule is N=C=O.N=C=O.N=C=O.c1ccc(Oc2ccccc2)cc1. The molecule has 0 saturated heterocycles. The van der Waals surface area contributed by atoms with E-state index in [1.165, 1.54) is 0 Å². The lowest BCUT2D eigenvalue weighted by atomic mass is 10.3. The van der Waals surface area contributed by atoms with E-state index in [2.05, 4.69) is 0 Å². The van der Waals surface area contributed by atoms with Gasteiger partial charge in [-0.2, -0.15) is 0 Å². The molecule has 0 radical (unpaired) electrons. The van der Waals surface area contributed by atoms with E-state index < -0.39 is 0 Å². The zero-order valence-corrected chi connectivity index (χ0v) is 11.4. The Kier molecular flexibility index (Phi) is 16.3. The molecule has 0 aromatic heterocycles. The molecule has 0 aliphatic carbocycles. The first-order chi connectivity index (χ1) is 10.7. The Morgan fingerprint density at radius 3 is 1.05 bits per heavy atom. The number of hydrogen-bond donors (Lipinski definition) is 3. The second-order valence-electron chi connectivity index (χ2n) is 3.03. The minimum Gasteiger partial charge on any atom is -0.457 e. The van der Waals surface area contributed by atoms with Crippen molar-refractivity contribution in [2.75, 3.05) is 0 Å². The number of isocyanates is 3. The van der Waals surface area contributed by atoms with Crippen LogP contribution in [0.5, 0.6) is 11.5 Å². The van der Waals surface area contributed by atoms with Gasteiger partial charge in [0.15, 0.2) is 0 Å². The summed E-state index contributed by atoms with van der Waals surface area (Å²) in [5.74, 6) is 1.74. The number of ether oxygens (including phenoxy) is 1.